The maximum atomic E-state index is 12.8. The molecule has 0 atom stereocenters. The Balaban J connectivity index is 1.36. The van der Waals surface area contributed by atoms with Crippen molar-refractivity contribution >= 4 is 27.3 Å². The minimum absolute atomic E-state index is 0.0453. The van der Waals surface area contributed by atoms with Crippen LogP contribution < -0.4 is 24.2 Å². The zero-order valence-corrected chi connectivity index (χ0v) is 18.8. The fourth-order valence-electron chi connectivity index (χ4n) is 3.17. The SMILES string of the molecule is N#Cc1ccccc1OCC(=O)Nc1ccc(NS(=O)(=O)c2ccc3c(c2)OCCCO3)cc1. The van der Waals surface area contributed by atoms with Crippen LogP contribution in [-0.2, 0) is 14.8 Å². The lowest BCUT2D eigenvalue weighted by Gasteiger charge is -2.12. The van der Waals surface area contributed by atoms with Crippen LogP contribution in [0.2, 0.25) is 0 Å². The number of nitrogens with one attached hydrogen (secondary N) is 2. The summed E-state index contributed by atoms with van der Waals surface area (Å²) >= 11 is 0. The number of hydrogen-bond donors (Lipinski definition) is 2. The zero-order chi connectivity index (χ0) is 24.0. The molecule has 1 amide bonds. The molecule has 0 saturated carbocycles. The van der Waals surface area contributed by atoms with E-state index in [1.165, 1.54) is 24.3 Å². The molecule has 9 nitrogen and oxygen atoms in total. The van der Waals surface area contributed by atoms with Crippen LogP contribution in [0.1, 0.15) is 12.0 Å². The molecule has 1 aliphatic rings. The summed E-state index contributed by atoms with van der Waals surface area (Å²) in [5.41, 5.74) is 1.12. The number of fused-ring (bicyclic) bond motifs is 1. The van der Waals surface area contributed by atoms with Crippen LogP contribution in [0.5, 0.6) is 17.2 Å². The van der Waals surface area contributed by atoms with E-state index in [4.69, 9.17) is 19.5 Å². The third kappa shape index (κ3) is 5.57. The molecule has 0 unspecified atom stereocenters. The van der Waals surface area contributed by atoms with Gasteiger partial charge in [0.15, 0.2) is 18.1 Å². The molecule has 2 N–H and O–H groups in total. The maximum Gasteiger partial charge on any atom is 0.262 e. The van der Waals surface area contributed by atoms with Gasteiger partial charge in [-0.3, -0.25) is 9.52 Å². The second-order valence-electron chi connectivity index (χ2n) is 7.29. The molecule has 0 fully saturated rings. The molecule has 0 spiro atoms. The van der Waals surface area contributed by atoms with Crippen molar-refractivity contribution in [2.24, 2.45) is 0 Å². The van der Waals surface area contributed by atoms with Gasteiger partial charge in [-0.15, -0.1) is 0 Å². The van der Waals surface area contributed by atoms with Gasteiger partial charge in [-0.2, -0.15) is 5.26 Å². The van der Waals surface area contributed by atoms with Crippen LogP contribution in [-0.4, -0.2) is 34.1 Å². The Morgan fingerprint density at radius 2 is 1.68 bits per heavy atom. The average molecular weight is 480 g/mol. The van der Waals surface area contributed by atoms with Gasteiger partial charge in [0.25, 0.3) is 15.9 Å². The molecule has 0 aliphatic carbocycles. The number of benzene rings is 3. The smallest absolute Gasteiger partial charge is 0.262 e. The highest BCUT2D eigenvalue weighted by Gasteiger charge is 2.19. The monoisotopic (exact) mass is 479 g/mol. The molecular weight excluding hydrogens is 458 g/mol. The lowest BCUT2D eigenvalue weighted by Crippen LogP contribution is -2.20. The maximum absolute atomic E-state index is 12.8. The summed E-state index contributed by atoms with van der Waals surface area (Å²) in [6.07, 6.45) is 0.719. The van der Waals surface area contributed by atoms with Crippen LogP contribution >= 0.6 is 0 Å². The van der Waals surface area contributed by atoms with Crippen LogP contribution in [0.3, 0.4) is 0 Å². The van der Waals surface area contributed by atoms with Gasteiger partial charge in [0.1, 0.15) is 11.8 Å². The molecule has 0 aromatic heterocycles. The van der Waals surface area contributed by atoms with Gasteiger partial charge in [0.2, 0.25) is 0 Å². The van der Waals surface area contributed by atoms with Crippen LogP contribution in [0.15, 0.2) is 71.6 Å². The number of ether oxygens (including phenoxy) is 3. The largest absolute Gasteiger partial charge is 0.490 e. The van der Waals surface area contributed by atoms with Crippen LogP contribution in [0.4, 0.5) is 11.4 Å². The molecular formula is C24H21N3O6S. The lowest BCUT2D eigenvalue weighted by molar-refractivity contribution is -0.118. The van der Waals surface area contributed by atoms with E-state index in [0.29, 0.717) is 47.4 Å². The molecule has 3 aromatic rings. The minimum Gasteiger partial charge on any atom is -0.490 e. The number of sulfonamides is 1. The normalized spacial score (nSPS) is 12.7. The number of amides is 1. The van der Waals surface area contributed by atoms with E-state index in [1.807, 2.05) is 6.07 Å². The summed E-state index contributed by atoms with van der Waals surface area (Å²) in [5.74, 6) is 0.794. The molecule has 0 saturated heterocycles. The summed E-state index contributed by atoms with van der Waals surface area (Å²) in [7, 11) is -3.86. The number of hydrogen-bond acceptors (Lipinski definition) is 7. The van der Waals surface area contributed by atoms with E-state index >= 15 is 0 Å². The van der Waals surface area contributed by atoms with E-state index in [1.54, 1.807) is 42.5 Å². The Morgan fingerprint density at radius 1 is 0.971 bits per heavy atom. The van der Waals surface area contributed by atoms with Crippen LogP contribution in [0, 0.1) is 11.3 Å². The highest BCUT2D eigenvalue weighted by molar-refractivity contribution is 7.92. The van der Waals surface area contributed by atoms with Crippen molar-refractivity contribution in [2.75, 3.05) is 29.9 Å². The van der Waals surface area contributed by atoms with Gasteiger partial charge in [-0.05, 0) is 48.5 Å². The van der Waals surface area contributed by atoms with Gasteiger partial charge in [0, 0.05) is 23.9 Å². The van der Waals surface area contributed by atoms with Gasteiger partial charge >= 0.3 is 0 Å². The molecule has 0 bridgehead atoms. The summed E-state index contributed by atoms with van der Waals surface area (Å²) in [4.78, 5) is 12.2. The Kier molecular flexibility index (Phi) is 6.85. The number of carbonyl (C=O) groups excluding carboxylic acids is 1. The summed E-state index contributed by atoms with van der Waals surface area (Å²) in [5, 5.41) is 11.7. The van der Waals surface area contributed by atoms with E-state index in [0.717, 1.165) is 6.42 Å². The number of rotatable bonds is 7. The second-order valence-corrected chi connectivity index (χ2v) is 8.97. The first-order valence-corrected chi connectivity index (χ1v) is 11.9. The third-order valence-corrected chi connectivity index (χ3v) is 6.20. The number of carbonyl (C=O) groups is 1. The standard InChI is InChI=1S/C24H21N3O6S/c25-15-17-4-1-2-5-21(17)33-16-24(28)26-18-6-8-19(9-7-18)27-34(29,30)20-10-11-22-23(14-20)32-13-3-12-31-22/h1-2,4-11,14,27H,3,12-13,16H2,(H,26,28). The molecule has 34 heavy (non-hydrogen) atoms. The van der Waals surface area contributed by atoms with Crippen molar-refractivity contribution in [3.63, 3.8) is 0 Å². The van der Waals surface area contributed by atoms with Gasteiger partial charge in [0.05, 0.1) is 23.7 Å². The van der Waals surface area contributed by atoms with Gasteiger partial charge in [-0.25, -0.2) is 8.42 Å². The molecule has 3 aromatic carbocycles. The Morgan fingerprint density at radius 3 is 2.44 bits per heavy atom. The van der Waals surface area contributed by atoms with Gasteiger partial charge < -0.3 is 19.5 Å². The van der Waals surface area contributed by atoms with Crippen molar-refractivity contribution in [3.8, 4) is 23.3 Å². The fourth-order valence-corrected chi connectivity index (χ4v) is 4.25. The predicted octanol–water partition coefficient (Wildman–Crippen LogP) is 3.54. The molecule has 1 heterocycles. The number of nitriles is 1. The van der Waals surface area contributed by atoms with E-state index in [-0.39, 0.29) is 11.5 Å². The van der Waals surface area contributed by atoms with Gasteiger partial charge in [-0.1, -0.05) is 12.1 Å². The molecule has 4 rings (SSSR count). The molecule has 174 valence electrons. The fraction of sp³-hybridized carbons (Fsp3) is 0.167. The first kappa shape index (κ1) is 22.9. The van der Waals surface area contributed by atoms with E-state index in [2.05, 4.69) is 10.0 Å². The zero-order valence-electron chi connectivity index (χ0n) is 18.0. The first-order chi connectivity index (χ1) is 16.4. The van der Waals surface area contributed by atoms with E-state index < -0.39 is 15.9 Å². The number of para-hydroxylation sites is 1. The Hall–Kier alpha value is -4.23. The minimum atomic E-state index is -3.86. The summed E-state index contributed by atoms with van der Waals surface area (Å²) < 4.78 is 44.6. The van der Waals surface area contributed by atoms with Crippen LogP contribution in [0.25, 0.3) is 0 Å². The lowest BCUT2D eigenvalue weighted by atomic mass is 10.2. The molecule has 0 radical (unpaired) electrons. The first-order valence-electron chi connectivity index (χ1n) is 10.4. The van der Waals surface area contributed by atoms with Crippen molar-refractivity contribution in [1.29, 1.82) is 5.26 Å². The average Bonchev–Trinajstić information content (AvgIpc) is 3.09. The van der Waals surface area contributed by atoms with Crippen molar-refractivity contribution < 1.29 is 27.4 Å². The quantitative estimate of drug-likeness (QED) is 0.531. The molecule has 1 aliphatic heterocycles. The third-order valence-electron chi connectivity index (χ3n) is 4.82. The topological polar surface area (TPSA) is 127 Å². The number of nitrogens with zero attached hydrogens (tertiary/aromatic N) is 1. The van der Waals surface area contributed by atoms with Crippen molar-refractivity contribution in [2.45, 2.75) is 11.3 Å². The summed E-state index contributed by atoms with van der Waals surface area (Å²) in [6.45, 7) is 0.684. The highest BCUT2D eigenvalue weighted by atomic mass is 32.2. The predicted molar refractivity (Wildman–Crippen MR) is 125 cm³/mol. The Labute approximate surface area is 196 Å². The highest BCUT2D eigenvalue weighted by Crippen LogP contribution is 2.32. The van der Waals surface area contributed by atoms with Crippen molar-refractivity contribution in [1.82, 2.24) is 0 Å². The van der Waals surface area contributed by atoms with Crippen molar-refractivity contribution in [3.05, 3.63) is 72.3 Å². The number of anilines is 2. The second kappa shape index (κ2) is 10.1. The summed E-state index contributed by atoms with van der Waals surface area (Å²) in [6, 6.07) is 19.3. The van der Waals surface area contributed by atoms with E-state index in [9.17, 15) is 13.2 Å². The molecule has 10 heteroatoms. The Bertz CT molecular complexity index is 1330.